The van der Waals surface area contributed by atoms with Gasteiger partial charge in [0.1, 0.15) is 17.2 Å². The number of carbonyl (C=O) groups is 1. The molecule has 25 heavy (non-hydrogen) atoms. The summed E-state index contributed by atoms with van der Waals surface area (Å²) in [7, 11) is 3.01. The van der Waals surface area contributed by atoms with Crippen LogP contribution < -0.4 is 24.8 Å². The highest BCUT2D eigenvalue weighted by molar-refractivity contribution is 6.32. The molecule has 0 aliphatic heterocycles. The Morgan fingerprint density at radius 2 is 1.80 bits per heavy atom. The van der Waals surface area contributed by atoms with Crippen molar-refractivity contribution in [2.75, 3.05) is 26.1 Å². The summed E-state index contributed by atoms with van der Waals surface area (Å²) < 4.78 is 15.9. The van der Waals surface area contributed by atoms with Crippen LogP contribution in [0.5, 0.6) is 17.2 Å². The number of carbonyl (C=O) groups excluding carboxylic acids is 1. The lowest BCUT2D eigenvalue weighted by atomic mass is 10.2. The van der Waals surface area contributed by atoms with Crippen molar-refractivity contribution in [3.05, 3.63) is 47.0 Å². The number of nitrogens with one attached hydrogen (secondary N) is 2. The van der Waals surface area contributed by atoms with Gasteiger partial charge in [-0.05, 0) is 19.1 Å². The average Bonchev–Trinajstić information content (AvgIpc) is 2.61. The van der Waals surface area contributed by atoms with Crippen molar-refractivity contribution < 1.29 is 19.0 Å². The number of rotatable bonds is 7. The van der Waals surface area contributed by atoms with E-state index < -0.39 is 0 Å². The Morgan fingerprint density at radius 1 is 1.08 bits per heavy atom. The molecule has 2 aromatic carbocycles. The standard InChI is InChI=1S/C18H21ClN2O4/c1-4-25-15-8-6-5-7-12(15)11-20-18(22)21-14-9-13(19)16(23-2)10-17(14)24-3/h5-10H,4,11H2,1-3H3,(H2,20,21,22). The molecule has 0 bridgehead atoms. The second-order valence-corrected chi connectivity index (χ2v) is 5.44. The number of ether oxygens (including phenoxy) is 3. The van der Waals surface area contributed by atoms with E-state index in [9.17, 15) is 4.79 Å². The zero-order valence-corrected chi connectivity index (χ0v) is 15.1. The van der Waals surface area contributed by atoms with Crippen molar-refractivity contribution in [3.63, 3.8) is 0 Å². The topological polar surface area (TPSA) is 68.8 Å². The van der Waals surface area contributed by atoms with E-state index in [0.717, 1.165) is 11.3 Å². The first kappa shape index (κ1) is 18.7. The third-order valence-electron chi connectivity index (χ3n) is 3.43. The highest BCUT2D eigenvalue weighted by atomic mass is 35.5. The quantitative estimate of drug-likeness (QED) is 0.776. The number of hydrogen-bond donors (Lipinski definition) is 2. The van der Waals surface area contributed by atoms with Crippen molar-refractivity contribution in [2.24, 2.45) is 0 Å². The molecule has 0 aromatic heterocycles. The summed E-state index contributed by atoms with van der Waals surface area (Å²) in [4.78, 5) is 12.2. The normalized spacial score (nSPS) is 10.1. The predicted octanol–water partition coefficient (Wildman–Crippen LogP) is 4.08. The summed E-state index contributed by atoms with van der Waals surface area (Å²) in [6.45, 7) is 2.80. The molecule has 7 heteroatoms. The van der Waals surface area contributed by atoms with Crippen molar-refractivity contribution in [3.8, 4) is 17.2 Å². The molecule has 134 valence electrons. The Hall–Kier alpha value is -2.60. The van der Waals surface area contributed by atoms with Gasteiger partial charge >= 0.3 is 6.03 Å². The van der Waals surface area contributed by atoms with Gasteiger partial charge in [0.15, 0.2) is 0 Å². The van der Waals surface area contributed by atoms with Gasteiger partial charge in [-0.3, -0.25) is 0 Å². The monoisotopic (exact) mass is 364 g/mol. The van der Waals surface area contributed by atoms with Gasteiger partial charge in [0.25, 0.3) is 0 Å². The van der Waals surface area contributed by atoms with Crippen LogP contribution in [0.25, 0.3) is 0 Å². The van der Waals surface area contributed by atoms with Gasteiger partial charge in [0.05, 0.1) is 31.5 Å². The highest BCUT2D eigenvalue weighted by Crippen LogP contribution is 2.35. The molecule has 0 saturated heterocycles. The molecular formula is C18H21ClN2O4. The van der Waals surface area contributed by atoms with E-state index in [-0.39, 0.29) is 6.03 Å². The number of halogens is 1. The van der Waals surface area contributed by atoms with E-state index in [1.807, 2.05) is 31.2 Å². The van der Waals surface area contributed by atoms with E-state index in [0.29, 0.717) is 35.4 Å². The van der Waals surface area contributed by atoms with Gasteiger partial charge in [-0.1, -0.05) is 29.8 Å². The minimum Gasteiger partial charge on any atom is -0.495 e. The number of methoxy groups -OCH3 is 2. The third-order valence-corrected chi connectivity index (χ3v) is 3.73. The molecule has 0 unspecified atom stereocenters. The van der Waals surface area contributed by atoms with Gasteiger partial charge < -0.3 is 24.8 Å². The maximum Gasteiger partial charge on any atom is 0.319 e. The molecule has 0 atom stereocenters. The van der Waals surface area contributed by atoms with E-state index in [1.54, 1.807) is 12.1 Å². The van der Waals surface area contributed by atoms with Crippen LogP contribution in [0.15, 0.2) is 36.4 Å². The highest BCUT2D eigenvalue weighted by Gasteiger charge is 2.13. The van der Waals surface area contributed by atoms with Crippen LogP contribution >= 0.6 is 11.6 Å². The van der Waals surface area contributed by atoms with Gasteiger partial charge in [0, 0.05) is 18.2 Å². The fourth-order valence-corrected chi connectivity index (χ4v) is 2.49. The van der Waals surface area contributed by atoms with E-state index in [1.165, 1.54) is 14.2 Å². The Morgan fingerprint density at radius 3 is 2.48 bits per heavy atom. The fraction of sp³-hybridized carbons (Fsp3) is 0.278. The van der Waals surface area contributed by atoms with Crippen molar-refractivity contribution in [1.82, 2.24) is 5.32 Å². The largest absolute Gasteiger partial charge is 0.495 e. The summed E-state index contributed by atoms with van der Waals surface area (Å²) in [5.41, 5.74) is 1.34. The van der Waals surface area contributed by atoms with E-state index >= 15 is 0 Å². The second-order valence-electron chi connectivity index (χ2n) is 5.04. The maximum absolute atomic E-state index is 12.2. The lowest BCUT2D eigenvalue weighted by Gasteiger charge is -2.14. The van der Waals surface area contributed by atoms with Crippen LogP contribution in [0, 0.1) is 0 Å². The molecular weight excluding hydrogens is 344 g/mol. The minimum absolute atomic E-state index is 0.328. The molecule has 2 rings (SSSR count). The summed E-state index contributed by atoms with van der Waals surface area (Å²) in [6.07, 6.45) is 0. The molecule has 0 radical (unpaired) electrons. The summed E-state index contributed by atoms with van der Waals surface area (Å²) in [5.74, 6) is 1.66. The molecule has 0 aliphatic carbocycles. The molecule has 6 nitrogen and oxygen atoms in total. The summed E-state index contributed by atoms with van der Waals surface area (Å²) in [6, 6.07) is 10.4. The average molecular weight is 365 g/mol. The van der Waals surface area contributed by atoms with Crippen LogP contribution in [0.1, 0.15) is 12.5 Å². The van der Waals surface area contributed by atoms with Gasteiger partial charge in [-0.25, -0.2) is 4.79 Å². The number of hydrogen-bond acceptors (Lipinski definition) is 4. The fourth-order valence-electron chi connectivity index (χ4n) is 2.25. The lowest BCUT2D eigenvalue weighted by molar-refractivity contribution is 0.251. The molecule has 0 heterocycles. The van der Waals surface area contributed by atoms with E-state index in [2.05, 4.69) is 10.6 Å². The molecule has 0 spiro atoms. The van der Waals surface area contributed by atoms with Gasteiger partial charge in [-0.2, -0.15) is 0 Å². The van der Waals surface area contributed by atoms with Crippen LogP contribution in [-0.4, -0.2) is 26.9 Å². The number of urea groups is 1. The number of para-hydroxylation sites is 1. The van der Waals surface area contributed by atoms with Crippen molar-refractivity contribution >= 4 is 23.3 Å². The third kappa shape index (κ3) is 4.93. The second kappa shape index (κ2) is 9.03. The first-order chi connectivity index (χ1) is 12.1. The summed E-state index contributed by atoms with van der Waals surface area (Å²) >= 11 is 6.10. The molecule has 2 aromatic rings. The Bertz CT molecular complexity index is 737. The Balaban J connectivity index is 2.05. The first-order valence-electron chi connectivity index (χ1n) is 7.76. The van der Waals surface area contributed by atoms with E-state index in [4.69, 9.17) is 25.8 Å². The number of anilines is 1. The SMILES string of the molecule is CCOc1ccccc1CNC(=O)Nc1cc(Cl)c(OC)cc1OC. The molecule has 2 N–H and O–H groups in total. The Kier molecular flexibility index (Phi) is 6.77. The molecule has 0 aliphatic rings. The lowest BCUT2D eigenvalue weighted by Crippen LogP contribution is -2.28. The smallest absolute Gasteiger partial charge is 0.319 e. The van der Waals surface area contributed by atoms with Gasteiger partial charge in [-0.15, -0.1) is 0 Å². The van der Waals surface area contributed by atoms with Crippen LogP contribution in [0.2, 0.25) is 5.02 Å². The maximum atomic E-state index is 12.2. The number of amides is 2. The minimum atomic E-state index is -0.383. The summed E-state index contributed by atoms with van der Waals surface area (Å²) in [5, 5.41) is 5.88. The van der Waals surface area contributed by atoms with Gasteiger partial charge in [0.2, 0.25) is 0 Å². The number of benzene rings is 2. The van der Waals surface area contributed by atoms with Crippen LogP contribution in [0.3, 0.4) is 0 Å². The van der Waals surface area contributed by atoms with Crippen LogP contribution in [0.4, 0.5) is 10.5 Å². The zero-order valence-electron chi connectivity index (χ0n) is 14.4. The van der Waals surface area contributed by atoms with Crippen molar-refractivity contribution in [2.45, 2.75) is 13.5 Å². The zero-order chi connectivity index (χ0) is 18.2. The predicted molar refractivity (Wildman–Crippen MR) is 98.0 cm³/mol. The molecule has 0 saturated carbocycles. The Labute approximate surface area is 152 Å². The first-order valence-corrected chi connectivity index (χ1v) is 8.13. The molecule has 0 fully saturated rings. The van der Waals surface area contributed by atoms with Crippen LogP contribution in [-0.2, 0) is 6.54 Å². The van der Waals surface area contributed by atoms with Crippen molar-refractivity contribution in [1.29, 1.82) is 0 Å². The molecule has 2 amide bonds.